The summed E-state index contributed by atoms with van der Waals surface area (Å²) in [6.07, 6.45) is 0.681. The molecule has 0 amide bonds. The van der Waals surface area contributed by atoms with Gasteiger partial charge >= 0.3 is 0 Å². The van der Waals surface area contributed by atoms with E-state index in [9.17, 15) is 13.9 Å². The molecule has 0 bridgehead atoms. The molecule has 3 rings (SSSR count). The molecule has 6 heteroatoms. The topological polar surface area (TPSA) is 45.8 Å². The molecule has 1 unspecified atom stereocenters. The minimum atomic E-state index is -0.883. The Labute approximate surface area is 156 Å². The lowest BCUT2D eigenvalue weighted by atomic mass is 10.2. The van der Waals surface area contributed by atoms with Crippen LogP contribution >= 0.6 is 0 Å². The second kappa shape index (κ2) is 9.30. The average molecular weight is 373 g/mol. The fraction of sp³-hybridized carbons (Fsp3) is 0.238. The molecular weight excluding hydrogens is 352 g/mol. The smallest absolute Gasteiger partial charge is 0.165 e. The van der Waals surface area contributed by atoms with Gasteiger partial charge in [-0.05, 0) is 30.3 Å². The molecule has 0 saturated heterocycles. The molecule has 27 heavy (non-hydrogen) atoms. The van der Waals surface area contributed by atoms with E-state index in [0.29, 0.717) is 24.4 Å². The molecule has 2 aromatic carbocycles. The highest BCUT2D eigenvalue weighted by Gasteiger charge is 2.17. The average Bonchev–Trinajstić information content (AvgIpc) is 3.16. The van der Waals surface area contributed by atoms with Crippen LogP contribution in [-0.2, 0) is 13.1 Å². The maximum absolute atomic E-state index is 14.0. The minimum absolute atomic E-state index is 0.0765. The van der Waals surface area contributed by atoms with Crippen LogP contribution in [0.5, 0.6) is 5.75 Å². The van der Waals surface area contributed by atoms with Crippen LogP contribution < -0.4 is 4.74 Å². The SMILES string of the molecule is OC(COc1ccccc1F)CN(Cc1ccco1)Cc1ccccc1F. The second-order valence-electron chi connectivity index (χ2n) is 6.24. The lowest BCUT2D eigenvalue weighted by Crippen LogP contribution is -2.35. The normalized spacial score (nSPS) is 12.3. The molecule has 0 aliphatic rings. The summed E-state index contributed by atoms with van der Waals surface area (Å²) in [5.74, 6) is -0.000612. The molecule has 0 aliphatic carbocycles. The number of aliphatic hydroxyl groups is 1. The van der Waals surface area contributed by atoms with Gasteiger partial charge in [-0.3, -0.25) is 4.90 Å². The Morgan fingerprint density at radius 3 is 2.37 bits per heavy atom. The van der Waals surface area contributed by atoms with Crippen LogP contribution in [0.4, 0.5) is 8.78 Å². The molecule has 1 heterocycles. The number of furan rings is 1. The number of aliphatic hydroxyl groups excluding tert-OH is 1. The molecule has 3 aromatic rings. The number of hydrogen-bond acceptors (Lipinski definition) is 4. The maximum atomic E-state index is 14.0. The van der Waals surface area contributed by atoms with Crippen LogP contribution in [0, 0.1) is 11.6 Å². The summed E-state index contributed by atoms with van der Waals surface area (Å²) in [6.45, 7) is 0.832. The third-order valence-corrected chi connectivity index (χ3v) is 4.05. The minimum Gasteiger partial charge on any atom is -0.488 e. The van der Waals surface area contributed by atoms with Crippen molar-refractivity contribution in [2.24, 2.45) is 0 Å². The predicted molar refractivity (Wildman–Crippen MR) is 97.1 cm³/mol. The second-order valence-corrected chi connectivity index (χ2v) is 6.24. The van der Waals surface area contributed by atoms with Crippen molar-refractivity contribution in [3.63, 3.8) is 0 Å². The van der Waals surface area contributed by atoms with Gasteiger partial charge in [-0.1, -0.05) is 30.3 Å². The van der Waals surface area contributed by atoms with Crippen molar-refractivity contribution < 1.29 is 23.0 Å². The third-order valence-electron chi connectivity index (χ3n) is 4.05. The first-order valence-corrected chi connectivity index (χ1v) is 8.65. The zero-order valence-corrected chi connectivity index (χ0v) is 14.7. The molecule has 1 atom stereocenters. The largest absolute Gasteiger partial charge is 0.488 e. The summed E-state index contributed by atoms with van der Waals surface area (Å²) in [5.41, 5.74) is 0.520. The van der Waals surface area contributed by atoms with Crippen molar-refractivity contribution in [2.75, 3.05) is 13.2 Å². The van der Waals surface area contributed by atoms with Crippen molar-refractivity contribution in [3.8, 4) is 5.75 Å². The van der Waals surface area contributed by atoms with E-state index in [1.54, 1.807) is 42.7 Å². The van der Waals surface area contributed by atoms with Gasteiger partial charge in [0.1, 0.15) is 24.3 Å². The van der Waals surface area contributed by atoms with Crippen molar-refractivity contribution in [1.82, 2.24) is 4.90 Å². The maximum Gasteiger partial charge on any atom is 0.165 e. The summed E-state index contributed by atoms with van der Waals surface area (Å²) >= 11 is 0. The number of ether oxygens (including phenoxy) is 1. The quantitative estimate of drug-likeness (QED) is 0.616. The zero-order valence-electron chi connectivity index (χ0n) is 14.7. The van der Waals surface area contributed by atoms with E-state index in [4.69, 9.17) is 9.15 Å². The van der Waals surface area contributed by atoms with Gasteiger partial charge in [0.05, 0.1) is 12.8 Å². The van der Waals surface area contributed by atoms with E-state index in [1.165, 1.54) is 18.2 Å². The first kappa shape index (κ1) is 19.1. The lowest BCUT2D eigenvalue weighted by Gasteiger charge is -2.24. The highest BCUT2D eigenvalue weighted by atomic mass is 19.1. The Morgan fingerprint density at radius 1 is 0.926 bits per heavy atom. The summed E-state index contributed by atoms with van der Waals surface area (Å²) in [6, 6.07) is 16.1. The highest BCUT2D eigenvalue weighted by molar-refractivity contribution is 5.23. The number of benzene rings is 2. The van der Waals surface area contributed by atoms with Gasteiger partial charge < -0.3 is 14.3 Å². The molecule has 0 fully saturated rings. The standard InChI is InChI=1S/C21H21F2NO3/c22-19-8-2-1-6-16(19)12-24(14-18-7-5-11-26-18)13-17(25)15-27-21-10-4-3-9-20(21)23/h1-11,17,25H,12-15H2. The first-order chi connectivity index (χ1) is 13.1. The van der Waals surface area contributed by atoms with Gasteiger partial charge in [0.2, 0.25) is 0 Å². The van der Waals surface area contributed by atoms with E-state index in [2.05, 4.69) is 0 Å². The number of rotatable bonds is 9. The Balaban J connectivity index is 1.63. The molecule has 1 N–H and O–H groups in total. The van der Waals surface area contributed by atoms with Crippen molar-refractivity contribution in [3.05, 3.63) is 89.9 Å². The predicted octanol–water partition coefficient (Wildman–Crippen LogP) is 4.00. The van der Waals surface area contributed by atoms with Crippen LogP contribution in [0.2, 0.25) is 0 Å². The number of nitrogens with zero attached hydrogens (tertiary/aromatic N) is 1. The monoisotopic (exact) mass is 373 g/mol. The Morgan fingerprint density at radius 2 is 1.67 bits per heavy atom. The van der Waals surface area contributed by atoms with Crippen LogP contribution in [0.25, 0.3) is 0 Å². The van der Waals surface area contributed by atoms with Crippen LogP contribution in [0.1, 0.15) is 11.3 Å². The first-order valence-electron chi connectivity index (χ1n) is 8.65. The molecular formula is C21H21F2NO3. The summed E-state index contributed by atoms with van der Waals surface area (Å²) in [5, 5.41) is 10.3. The van der Waals surface area contributed by atoms with Gasteiger partial charge in [-0.2, -0.15) is 0 Å². The summed E-state index contributed by atoms with van der Waals surface area (Å²) in [4.78, 5) is 1.85. The third kappa shape index (κ3) is 5.64. The van der Waals surface area contributed by atoms with Crippen LogP contribution in [0.15, 0.2) is 71.3 Å². The fourth-order valence-corrected chi connectivity index (χ4v) is 2.77. The van der Waals surface area contributed by atoms with Crippen molar-refractivity contribution in [2.45, 2.75) is 19.2 Å². The van der Waals surface area contributed by atoms with E-state index in [-0.39, 0.29) is 24.7 Å². The van der Waals surface area contributed by atoms with E-state index in [0.717, 1.165) is 0 Å². The van der Waals surface area contributed by atoms with Crippen LogP contribution in [0.3, 0.4) is 0 Å². The number of halogens is 2. The molecule has 0 radical (unpaired) electrons. The zero-order chi connectivity index (χ0) is 19.1. The molecule has 0 saturated carbocycles. The van der Waals surface area contributed by atoms with Crippen LogP contribution in [-0.4, -0.2) is 29.3 Å². The number of hydrogen-bond donors (Lipinski definition) is 1. The lowest BCUT2D eigenvalue weighted by molar-refractivity contribution is 0.0588. The van der Waals surface area contributed by atoms with Gasteiger partial charge in [0, 0.05) is 18.7 Å². The summed E-state index contributed by atoms with van der Waals surface area (Å²) in [7, 11) is 0. The van der Waals surface area contributed by atoms with Crippen molar-refractivity contribution >= 4 is 0 Å². The Bertz CT molecular complexity index is 839. The molecule has 142 valence electrons. The highest BCUT2D eigenvalue weighted by Crippen LogP contribution is 2.17. The van der Waals surface area contributed by atoms with E-state index < -0.39 is 11.9 Å². The molecule has 1 aromatic heterocycles. The fourth-order valence-electron chi connectivity index (χ4n) is 2.77. The molecule has 0 aliphatic heterocycles. The van der Waals surface area contributed by atoms with Crippen molar-refractivity contribution in [1.29, 1.82) is 0 Å². The molecule has 4 nitrogen and oxygen atoms in total. The Kier molecular flexibility index (Phi) is 6.57. The number of para-hydroxylation sites is 1. The van der Waals surface area contributed by atoms with Gasteiger partial charge in [0.25, 0.3) is 0 Å². The van der Waals surface area contributed by atoms with Gasteiger partial charge in [-0.25, -0.2) is 8.78 Å². The van der Waals surface area contributed by atoms with Gasteiger partial charge in [-0.15, -0.1) is 0 Å². The Hall–Kier alpha value is -2.70. The van der Waals surface area contributed by atoms with E-state index in [1.807, 2.05) is 11.0 Å². The molecule has 0 spiro atoms. The summed E-state index contributed by atoms with van der Waals surface area (Å²) < 4.78 is 38.3. The van der Waals surface area contributed by atoms with E-state index >= 15 is 0 Å². The van der Waals surface area contributed by atoms with Gasteiger partial charge in [0.15, 0.2) is 11.6 Å².